The van der Waals surface area contributed by atoms with Gasteiger partial charge in [-0.3, -0.25) is 14.2 Å². The Bertz CT molecular complexity index is 1820. The van der Waals surface area contributed by atoms with Crippen LogP contribution in [0.2, 0.25) is 0 Å². The largest absolute Gasteiger partial charge is 0.495 e. The molecule has 3 heterocycles. The van der Waals surface area contributed by atoms with E-state index in [0.717, 1.165) is 63.0 Å². The second kappa shape index (κ2) is 16.3. The number of carbonyl (C=O) groups excluding carboxylic acids is 1. The first-order valence-corrected chi connectivity index (χ1v) is 20.0. The Morgan fingerprint density at radius 3 is 2.38 bits per heavy atom. The van der Waals surface area contributed by atoms with Crippen LogP contribution in [0, 0.1) is 0 Å². The number of fused-ring (bicyclic) bond motifs is 1. The van der Waals surface area contributed by atoms with Crippen molar-refractivity contribution < 1.29 is 36.3 Å². The highest BCUT2D eigenvalue weighted by molar-refractivity contribution is 7.52. The highest BCUT2D eigenvalue weighted by atomic mass is 31.2. The van der Waals surface area contributed by atoms with Crippen molar-refractivity contribution in [3.05, 3.63) is 64.3 Å². The number of piperazine rings is 1. The molecule has 1 atom stereocenters. The molecule has 1 amide bonds. The summed E-state index contributed by atoms with van der Waals surface area (Å²) in [5.74, 6) is -0.257. The quantitative estimate of drug-likeness (QED) is 0.137. The van der Waals surface area contributed by atoms with Crippen molar-refractivity contribution in [1.29, 1.82) is 0 Å². The number of halogens is 3. The molecule has 1 saturated heterocycles. The highest BCUT2D eigenvalue weighted by Gasteiger charge is 2.38. The van der Waals surface area contributed by atoms with Crippen LogP contribution < -0.4 is 15.4 Å². The predicted octanol–water partition coefficient (Wildman–Crippen LogP) is 7.13. The molecule has 6 rings (SSSR count). The smallest absolute Gasteiger partial charge is 0.478 e. The van der Waals surface area contributed by atoms with Gasteiger partial charge < -0.3 is 29.7 Å². The number of aliphatic hydroxyl groups is 1. The molecule has 1 aliphatic carbocycles. The molecular weight excluding hydrogens is 710 g/mol. The van der Waals surface area contributed by atoms with Gasteiger partial charge in [-0.1, -0.05) is 12.1 Å². The maximum absolute atomic E-state index is 14.3. The Hall–Kier alpha value is -3.75. The van der Waals surface area contributed by atoms with Gasteiger partial charge in [0.1, 0.15) is 29.9 Å². The summed E-state index contributed by atoms with van der Waals surface area (Å²) >= 11 is 0. The molecule has 1 unspecified atom stereocenters. The summed E-state index contributed by atoms with van der Waals surface area (Å²) in [5.41, 5.74) is 2.55. The van der Waals surface area contributed by atoms with E-state index < -0.39 is 25.2 Å². The Kier molecular flexibility index (Phi) is 12.0. The topological polar surface area (TPSA) is 125 Å². The number of rotatable bonds is 13. The van der Waals surface area contributed by atoms with Crippen molar-refractivity contribution in [2.75, 3.05) is 71.2 Å². The zero-order valence-electron chi connectivity index (χ0n) is 31.0. The van der Waals surface area contributed by atoms with Gasteiger partial charge in [-0.25, -0.2) is 9.55 Å². The third-order valence-electron chi connectivity index (χ3n) is 10.4. The van der Waals surface area contributed by atoms with E-state index in [1.165, 1.54) is 7.11 Å². The molecule has 2 aromatic carbocycles. The van der Waals surface area contributed by atoms with Gasteiger partial charge in [-0.15, -0.1) is 0 Å². The lowest BCUT2D eigenvalue weighted by molar-refractivity contribution is -0.137. The van der Waals surface area contributed by atoms with E-state index in [4.69, 9.17) is 9.26 Å². The zero-order valence-corrected chi connectivity index (χ0v) is 31.9. The Labute approximate surface area is 308 Å². The molecule has 288 valence electrons. The molecule has 0 spiro atoms. The first kappa shape index (κ1) is 39.0. The van der Waals surface area contributed by atoms with Crippen molar-refractivity contribution in [1.82, 2.24) is 24.7 Å². The van der Waals surface area contributed by atoms with Crippen molar-refractivity contribution in [3.63, 3.8) is 0 Å². The molecule has 53 heavy (non-hydrogen) atoms. The second-order valence-electron chi connectivity index (χ2n) is 14.0. The van der Waals surface area contributed by atoms with Crippen molar-refractivity contribution >= 4 is 36.6 Å². The van der Waals surface area contributed by atoms with Crippen molar-refractivity contribution in [2.24, 2.45) is 0 Å². The van der Waals surface area contributed by atoms with E-state index in [0.29, 0.717) is 48.0 Å². The molecule has 0 radical (unpaired) electrons. The Morgan fingerprint density at radius 2 is 1.72 bits per heavy atom. The molecule has 1 aromatic heterocycles. The van der Waals surface area contributed by atoms with Gasteiger partial charge in [0.2, 0.25) is 5.95 Å². The van der Waals surface area contributed by atoms with E-state index in [2.05, 4.69) is 42.0 Å². The molecule has 3 aliphatic rings. The summed E-state index contributed by atoms with van der Waals surface area (Å²) < 4.78 is 71.4. The number of carbonyl (C=O) groups is 1. The summed E-state index contributed by atoms with van der Waals surface area (Å²) in [7, 11) is 2.04. The summed E-state index contributed by atoms with van der Waals surface area (Å²) in [5, 5.41) is 5.83. The number of aromatic nitrogens is 2. The number of nitrogens with zero attached hydrogens (tertiary/aromatic N) is 5. The number of methoxy groups -OCH3 is 1. The van der Waals surface area contributed by atoms with Crippen LogP contribution in [0.5, 0.6) is 5.75 Å². The normalized spacial score (nSPS) is 21.0. The van der Waals surface area contributed by atoms with Crippen LogP contribution >= 0.6 is 7.60 Å². The summed E-state index contributed by atoms with van der Waals surface area (Å²) in [6.45, 7) is 8.82. The number of hydrogen-bond acceptors (Lipinski definition) is 10. The molecule has 0 bridgehead atoms. The van der Waals surface area contributed by atoms with Gasteiger partial charge in [-0.05, 0) is 80.5 Å². The monoisotopic (exact) mass is 760 g/mol. The van der Waals surface area contributed by atoms with Gasteiger partial charge in [0.25, 0.3) is 5.91 Å². The lowest BCUT2D eigenvalue weighted by atomic mass is 9.78. The number of hydrogen-bond donors (Lipinski definition) is 2. The maximum Gasteiger partial charge on any atom is 0.478 e. The lowest BCUT2D eigenvalue weighted by Gasteiger charge is -2.41. The average Bonchev–Trinajstić information content (AvgIpc) is 3.43. The van der Waals surface area contributed by atoms with Crippen LogP contribution in [0.4, 0.5) is 36.3 Å². The number of alkyl halides is 3. The number of anilines is 4. The summed E-state index contributed by atoms with van der Waals surface area (Å²) in [6.07, 6.45) is 0.152. The van der Waals surface area contributed by atoms with Crippen LogP contribution in [0.1, 0.15) is 78.1 Å². The SMILES string of the molecule is CCOP(=O)(Cc1ccc(Nc2ncc(C(F)(F)F)c(Nc3ccc(C4CCC(N5CCN(C)CC5)CC4)c4c3C(=O)N(C)C4)n2)c(OC)c1)[OH+]CC. The van der Waals surface area contributed by atoms with Gasteiger partial charge in [-0.2, -0.15) is 18.2 Å². The lowest BCUT2D eigenvalue weighted by Crippen LogP contribution is -2.49. The van der Waals surface area contributed by atoms with Gasteiger partial charge >= 0.3 is 13.8 Å². The van der Waals surface area contributed by atoms with E-state index in [-0.39, 0.29) is 36.2 Å². The number of benzene rings is 2. The van der Waals surface area contributed by atoms with Crippen LogP contribution in [0.15, 0.2) is 36.5 Å². The molecule has 16 heteroatoms. The minimum atomic E-state index is -4.77. The summed E-state index contributed by atoms with van der Waals surface area (Å²) in [4.78, 5) is 28.3. The highest BCUT2D eigenvalue weighted by Crippen LogP contribution is 2.50. The van der Waals surface area contributed by atoms with E-state index in [1.54, 1.807) is 50.1 Å². The van der Waals surface area contributed by atoms with Crippen LogP contribution in [-0.2, 0) is 28.0 Å². The molecule has 3 N–H and O–H groups in total. The fraction of sp³-hybridized carbons (Fsp3) is 0.541. The third kappa shape index (κ3) is 8.81. The third-order valence-corrected chi connectivity index (χ3v) is 12.6. The molecule has 2 fully saturated rings. The van der Waals surface area contributed by atoms with E-state index in [9.17, 15) is 22.5 Å². The standard InChI is InChI=1S/C37H49F3N7O5P/c1-6-51-53(49,52-7-2)23-24-8-14-30(32(20-24)50-5)43-36-41-21-29(37(38,39)40)34(44-36)42-31-15-13-27(28-22-46(4)35(48)33(28)31)25-9-11-26(12-10-25)47-18-16-45(3)17-19-47/h8,13-15,20-21,25-26H,6-7,9-12,16-19,22-23H2,1-5H3,(H2,41,42,43,44)/p+1. The van der Waals surface area contributed by atoms with Crippen molar-refractivity contribution in [3.8, 4) is 5.75 Å². The fourth-order valence-corrected chi connectivity index (χ4v) is 9.48. The molecular formula is C37H50F3N7O5P+. The van der Waals surface area contributed by atoms with E-state index in [1.807, 2.05) is 6.07 Å². The van der Waals surface area contributed by atoms with Crippen LogP contribution in [-0.4, -0.2) is 102 Å². The number of likely N-dealkylation sites (N-methyl/N-ethyl adjacent to an activating group) is 1. The van der Waals surface area contributed by atoms with Gasteiger partial charge in [0.15, 0.2) is 0 Å². The van der Waals surface area contributed by atoms with E-state index >= 15 is 0 Å². The minimum Gasteiger partial charge on any atom is -0.495 e. The first-order valence-electron chi connectivity index (χ1n) is 18.2. The van der Waals surface area contributed by atoms with Crippen LogP contribution in [0.3, 0.4) is 0 Å². The van der Waals surface area contributed by atoms with Gasteiger partial charge in [0, 0.05) is 58.9 Å². The second-order valence-corrected chi connectivity index (χ2v) is 16.1. The Morgan fingerprint density at radius 1 is 1.00 bits per heavy atom. The average molecular weight is 761 g/mol. The van der Waals surface area contributed by atoms with Crippen molar-refractivity contribution in [2.45, 2.75) is 70.4 Å². The number of amides is 1. The fourth-order valence-electron chi connectivity index (χ4n) is 7.72. The molecule has 3 aromatic rings. The number of ether oxygens (including phenoxy) is 1. The number of nitrogens with one attached hydrogen (secondary N) is 2. The van der Waals surface area contributed by atoms with Crippen LogP contribution in [0.25, 0.3) is 0 Å². The first-order chi connectivity index (χ1) is 25.3. The zero-order chi connectivity index (χ0) is 37.9. The maximum atomic E-state index is 14.3. The predicted molar refractivity (Wildman–Crippen MR) is 199 cm³/mol. The molecule has 1 saturated carbocycles. The summed E-state index contributed by atoms with van der Waals surface area (Å²) in [6, 6.07) is 9.24. The molecule has 12 nitrogen and oxygen atoms in total. The van der Waals surface area contributed by atoms with Gasteiger partial charge in [0.05, 0.1) is 30.7 Å². The molecule has 2 aliphatic heterocycles. The minimum absolute atomic E-state index is 0.0606. The Balaban J connectivity index is 1.25.